The molecule has 110 valence electrons. The minimum absolute atomic E-state index is 0.145. The largest absolute Gasteiger partial charge is 0.314 e. The second kappa shape index (κ2) is 6.23. The van der Waals surface area contributed by atoms with E-state index < -0.39 is 0 Å². The molecule has 20 heavy (non-hydrogen) atoms. The molecule has 0 radical (unpaired) electrons. The summed E-state index contributed by atoms with van der Waals surface area (Å²) in [5.74, 6) is 0.667. The number of benzene rings is 1. The summed E-state index contributed by atoms with van der Waals surface area (Å²) in [5, 5.41) is 3.65. The molecular weight excluding hydrogens is 251 g/mol. The Morgan fingerprint density at radius 1 is 1.25 bits per heavy atom. The van der Waals surface area contributed by atoms with Gasteiger partial charge in [-0.1, -0.05) is 12.1 Å². The molecule has 1 saturated carbocycles. The topological polar surface area (TPSA) is 15.3 Å². The third-order valence-electron chi connectivity index (χ3n) is 4.66. The van der Waals surface area contributed by atoms with E-state index in [-0.39, 0.29) is 5.82 Å². The quantitative estimate of drug-likeness (QED) is 0.859. The lowest BCUT2D eigenvalue weighted by molar-refractivity contribution is 0.247. The molecule has 1 aliphatic heterocycles. The number of hydrogen-bond donors (Lipinski definition) is 1. The Morgan fingerprint density at radius 2 is 2.00 bits per heavy atom. The van der Waals surface area contributed by atoms with Crippen molar-refractivity contribution in [1.29, 1.82) is 0 Å². The zero-order chi connectivity index (χ0) is 13.9. The Kier molecular flexibility index (Phi) is 4.37. The molecule has 2 fully saturated rings. The van der Waals surface area contributed by atoms with Gasteiger partial charge in [0.25, 0.3) is 0 Å². The first-order valence-electron chi connectivity index (χ1n) is 7.92. The molecule has 1 aromatic carbocycles. The summed E-state index contributed by atoms with van der Waals surface area (Å²) in [4.78, 5) is 2.59. The van der Waals surface area contributed by atoms with Crippen LogP contribution in [0.4, 0.5) is 4.39 Å². The molecule has 3 rings (SSSR count). The lowest BCUT2D eigenvalue weighted by atomic mass is 10.1. The number of halogens is 1. The molecule has 0 aromatic heterocycles. The zero-order valence-corrected chi connectivity index (χ0v) is 12.3. The Morgan fingerprint density at radius 3 is 2.70 bits per heavy atom. The van der Waals surface area contributed by atoms with Gasteiger partial charge in [0.05, 0.1) is 0 Å². The Balaban J connectivity index is 1.45. The second-order valence-electron chi connectivity index (χ2n) is 6.51. The average Bonchev–Trinajstić information content (AvgIpc) is 3.15. The van der Waals surface area contributed by atoms with Crippen LogP contribution < -0.4 is 5.32 Å². The highest BCUT2D eigenvalue weighted by atomic mass is 19.1. The Bertz CT molecular complexity index is 427. The summed E-state index contributed by atoms with van der Waals surface area (Å²) >= 11 is 0. The van der Waals surface area contributed by atoms with E-state index in [0.717, 1.165) is 18.4 Å². The molecule has 2 atom stereocenters. The van der Waals surface area contributed by atoms with Crippen LogP contribution in [0.2, 0.25) is 0 Å². The lowest BCUT2D eigenvalue weighted by Gasteiger charge is -2.24. The van der Waals surface area contributed by atoms with Crippen LogP contribution >= 0.6 is 0 Å². The monoisotopic (exact) mass is 276 g/mol. The van der Waals surface area contributed by atoms with Gasteiger partial charge in [0.2, 0.25) is 0 Å². The maximum absolute atomic E-state index is 12.9. The van der Waals surface area contributed by atoms with Gasteiger partial charge in [-0.2, -0.15) is 0 Å². The minimum atomic E-state index is -0.145. The standard InChI is InChI=1S/C17H25FN2/c1-13(10-14-2-4-16(18)5-3-14)20-9-8-15(12-20)11-19-17-6-7-17/h2-5,13,15,17,19H,6-12H2,1H3. The molecule has 1 aliphatic carbocycles. The van der Waals surface area contributed by atoms with Gasteiger partial charge < -0.3 is 5.32 Å². The molecule has 1 aromatic rings. The number of rotatable bonds is 6. The molecule has 1 N–H and O–H groups in total. The smallest absolute Gasteiger partial charge is 0.123 e. The van der Waals surface area contributed by atoms with Gasteiger partial charge >= 0.3 is 0 Å². The molecule has 2 unspecified atom stereocenters. The van der Waals surface area contributed by atoms with Crippen LogP contribution in [-0.2, 0) is 6.42 Å². The maximum atomic E-state index is 12.9. The van der Waals surface area contributed by atoms with Crippen molar-refractivity contribution in [3.8, 4) is 0 Å². The highest BCUT2D eigenvalue weighted by molar-refractivity contribution is 5.17. The molecule has 0 spiro atoms. The van der Waals surface area contributed by atoms with Crippen molar-refractivity contribution in [2.24, 2.45) is 5.92 Å². The third kappa shape index (κ3) is 3.80. The second-order valence-corrected chi connectivity index (χ2v) is 6.51. The number of nitrogens with one attached hydrogen (secondary N) is 1. The first-order chi connectivity index (χ1) is 9.70. The SMILES string of the molecule is CC(Cc1ccc(F)cc1)N1CCC(CNC2CC2)C1. The average molecular weight is 276 g/mol. The highest BCUT2D eigenvalue weighted by Crippen LogP contribution is 2.23. The first-order valence-corrected chi connectivity index (χ1v) is 7.92. The van der Waals surface area contributed by atoms with Crippen molar-refractivity contribution in [3.63, 3.8) is 0 Å². The summed E-state index contributed by atoms with van der Waals surface area (Å²) in [7, 11) is 0. The fourth-order valence-corrected chi connectivity index (χ4v) is 3.14. The number of likely N-dealkylation sites (tertiary alicyclic amines) is 1. The fraction of sp³-hybridized carbons (Fsp3) is 0.647. The summed E-state index contributed by atoms with van der Waals surface area (Å²) < 4.78 is 12.9. The van der Waals surface area contributed by atoms with Gasteiger partial charge in [-0.05, 0) is 69.3 Å². The van der Waals surface area contributed by atoms with Crippen molar-refractivity contribution < 1.29 is 4.39 Å². The molecule has 3 heteroatoms. The molecule has 0 amide bonds. The van der Waals surface area contributed by atoms with Crippen LogP contribution in [0.3, 0.4) is 0 Å². The number of nitrogens with zero attached hydrogens (tertiary/aromatic N) is 1. The van der Waals surface area contributed by atoms with Crippen LogP contribution in [0.1, 0.15) is 31.7 Å². The summed E-state index contributed by atoms with van der Waals surface area (Å²) in [6.07, 6.45) is 5.07. The molecule has 1 heterocycles. The van der Waals surface area contributed by atoms with E-state index in [1.165, 1.54) is 44.5 Å². The highest BCUT2D eigenvalue weighted by Gasteiger charge is 2.28. The van der Waals surface area contributed by atoms with Crippen molar-refractivity contribution in [2.45, 2.75) is 44.7 Å². The molecule has 1 saturated heterocycles. The van der Waals surface area contributed by atoms with Crippen LogP contribution in [0.5, 0.6) is 0 Å². The minimum Gasteiger partial charge on any atom is -0.314 e. The van der Waals surface area contributed by atoms with Gasteiger partial charge in [-0.15, -0.1) is 0 Å². The molecule has 0 bridgehead atoms. The van der Waals surface area contributed by atoms with E-state index in [0.29, 0.717) is 6.04 Å². The van der Waals surface area contributed by atoms with Gasteiger partial charge in [-0.25, -0.2) is 4.39 Å². The van der Waals surface area contributed by atoms with E-state index in [1.807, 2.05) is 12.1 Å². The molecular formula is C17H25FN2. The van der Waals surface area contributed by atoms with Crippen molar-refractivity contribution in [1.82, 2.24) is 10.2 Å². The van der Waals surface area contributed by atoms with Crippen LogP contribution in [0.15, 0.2) is 24.3 Å². The molecule has 2 nitrogen and oxygen atoms in total. The van der Waals surface area contributed by atoms with E-state index in [1.54, 1.807) is 12.1 Å². The van der Waals surface area contributed by atoms with E-state index in [9.17, 15) is 4.39 Å². The van der Waals surface area contributed by atoms with Crippen LogP contribution in [-0.4, -0.2) is 36.6 Å². The predicted octanol–water partition coefficient (Wildman–Crippen LogP) is 2.83. The van der Waals surface area contributed by atoms with E-state index >= 15 is 0 Å². The van der Waals surface area contributed by atoms with Crippen LogP contribution in [0, 0.1) is 11.7 Å². The lowest BCUT2D eigenvalue weighted by Crippen LogP contribution is -2.34. The molecule has 2 aliphatic rings. The van der Waals surface area contributed by atoms with Gasteiger partial charge in [-0.3, -0.25) is 4.90 Å². The maximum Gasteiger partial charge on any atom is 0.123 e. The van der Waals surface area contributed by atoms with Gasteiger partial charge in [0.15, 0.2) is 0 Å². The summed E-state index contributed by atoms with van der Waals surface area (Å²) in [6, 6.07) is 8.32. The van der Waals surface area contributed by atoms with Gasteiger partial charge in [0, 0.05) is 18.6 Å². The number of hydrogen-bond acceptors (Lipinski definition) is 2. The van der Waals surface area contributed by atoms with Gasteiger partial charge in [0.1, 0.15) is 5.82 Å². The van der Waals surface area contributed by atoms with Crippen molar-refractivity contribution in [3.05, 3.63) is 35.6 Å². The third-order valence-corrected chi connectivity index (χ3v) is 4.66. The summed E-state index contributed by atoms with van der Waals surface area (Å²) in [5.41, 5.74) is 1.23. The van der Waals surface area contributed by atoms with Crippen molar-refractivity contribution in [2.75, 3.05) is 19.6 Å². The van der Waals surface area contributed by atoms with Crippen molar-refractivity contribution >= 4 is 0 Å². The Hall–Kier alpha value is -0.930. The van der Waals surface area contributed by atoms with E-state index in [4.69, 9.17) is 0 Å². The first kappa shape index (κ1) is 14.0. The summed E-state index contributed by atoms with van der Waals surface area (Å²) in [6.45, 7) is 5.89. The fourth-order valence-electron chi connectivity index (χ4n) is 3.14. The van der Waals surface area contributed by atoms with E-state index in [2.05, 4.69) is 17.1 Å². The predicted molar refractivity (Wildman–Crippen MR) is 80.3 cm³/mol. The van der Waals surface area contributed by atoms with Crippen LogP contribution in [0.25, 0.3) is 0 Å². The Labute approximate surface area is 121 Å². The normalized spacial score (nSPS) is 25.0. The zero-order valence-electron chi connectivity index (χ0n) is 12.3.